The number of allylic oxidation sites excluding steroid dienone is 1. The topological polar surface area (TPSA) is 9.23 Å². The van der Waals surface area contributed by atoms with Crippen molar-refractivity contribution >= 4 is 11.6 Å². The Bertz CT molecular complexity index is 550. The van der Waals surface area contributed by atoms with E-state index in [1.165, 1.54) is 11.6 Å². The number of alkyl halides is 1. The lowest BCUT2D eigenvalue weighted by Crippen LogP contribution is -2.24. The van der Waals surface area contributed by atoms with E-state index in [4.69, 9.17) is 16.3 Å². The maximum absolute atomic E-state index is 13.2. The molecule has 1 heterocycles. The predicted octanol–water partition coefficient (Wildman–Crippen LogP) is 4.87. The Morgan fingerprint density at radius 3 is 2.95 bits per heavy atom. The second-order valence-electron chi connectivity index (χ2n) is 6.79. The largest absolute Gasteiger partial charge is 0.489 e. The maximum atomic E-state index is 13.2. The standard InChI is InChI=1S/C17H20ClFO/c1-17(2)9-11(5-13(18)10-17)6-15-8-12-7-14(19)3-4-16(12)20-15/h3-5,7,13,15H,6,8-10H2,1-2H3. The van der Waals surface area contributed by atoms with E-state index < -0.39 is 0 Å². The van der Waals surface area contributed by atoms with Gasteiger partial charge in [-0.3, -0.25) is 0 Å². The van der Waals surface area contributed by atoms with Crippen LogP contribution in [0.2, 0.25) is 0 Å². The molecule has 0 bridgehead atoms. The van der Waals surface area contributed by atoms with E-state index in [-0.39, 0.29) is 22.7 Å². The Hall–Kier alpha value is -1.02. The van der Waals surface area contributed by atoms with Crippen LogP contribution in [0, 0.1) is 11.2 Å². The summed E-state index contributed by atoms with van der Waals surface area (Å²) in [5.41, 5.74) is 2.61. The van der Waals surface area contributed by atoms with Crippen LogP contribution in [0.1, 0.15) is 38.7 Å². The molecule has 2 aliphatic rings. The van der Waals surface area contributed by atoms with Gasteiger partial charge in [0.15, 0.2) is 0 Å². The van der Waals surface area contributed by atoms with Crippen LogP contribution in [-0.2, 0) is 6.42 Å². The summed E-state index contributed by atoms with van der Waals surface area (Å²) in [4.78, 5) is 0. The van der Waals surface area contributed by atoms with Crippen LogP contribution in [0.3, 0.4) is 0 Å². The van der Waals surface area contributed by atoms with Gasteiger partial charge in [-0.1, -0.05) is 25.5 Å². The van der Waals surface area contributed by atoms with Gasteiger partial charge in [-0.15, -0.1) is 11.6 Å². The maximum Gasteiger partial charge on any atom is 0.123 e. The third-order valence-electron chi connectivity index (χ3n) is 4.12. The van der Waals surface area contributed by atoms with E-state index in [0.29, 0.717) is 0 Å². The van der Waals surface area contributed by atoms with Crippen molar-refractivity contribution in [2.75, 3.05) is 0 Å². The Balaban J connectivity index is 1.69. The molecule has 0 fully saturated rings. The number of hydrogen-bond acceptors (Lipinski definition) is 1. The van der Waals surface area contributed by atoms with E-state index in [1.54, 1.807) is 12.1 Å². The van der Waals surface area contributed by atoms with Gasteiger partial charge in [0.2, 0.25) is 0 Å². The Morgan fingerprint density at radius 2 is 2.20 bits per heavy atom. The lowest BCUT2D eigenvalue weighted by atomic mass is 9.76. The zero-order valence-electron chi connectivity index (χ0n) is 12.0. The van der Waals surface area contributed by atoms with Crippen molar-refractivity contribution in [3.05, 3.63) is 41.2 Å². The summed E-state index contributed by atoms with van der Waals surface area (Å²) < 4.78 is 19.1. The van der Waals surface area contributed by atoms with Crippen LogP contribution in [-0.4, -0.2) is 11.5 Å². The van der Waals surface area contributed by atoms with Crippen molar-refractivity contribution in [1.29, 1.82) is 0 Å². The minimum atomic E-state index is -0.188. The number of hydrogen-bond donors (Lipinski definition) is 0. The number of fused-ring (bicyclic) bond motifs is 1. The van der Waals surface area contributed by atoms with Gasteiger partial charge in [0, 0.05) is 18.4 Å². The van der Waals surface area contributed by atoms with Crippen molar-refractivity contribution in [3.8, 4) is 5.75 Å². The first-order valence-electron chi connectivity index (χ1n) is 7.20. The first-order chi connectivity index (χ1) is 9.41. The number of rotatable bonds is 2. The highest BCUT2D eigenvalue weighted by molar-refractivity contribution is 6.21. The smallest absolute Gasteiger partial charge is 0.123 e. The highest BCUT2D eigenvalue weighted by Gasteiger charge is 2.31. The molecule has 2 unspecified atom stereocenters. The predicted molar refractivity (Wildman–Crippen MR) is 79.9 cm³/mol. The van der Waals surface area contributed by atoms with Crippen LogP contribution < -0.4 is 4.74 Å². The lowest BCUT2D eigenvalue weighted by Gasteiger charge is -2.33. The summed E-state index contributed by atoms with van der Waals surface area (Å²) in [5, 5.41) is 0.120. The van der Waals surface area contributed by atoms with Crippen LogP contribution in [0.15, 0.2) is 29.8 Å². The third kappa shape index (κ3) is 3.01. The molecule has 0 aromatic heterocycles. The molecule has 0 saturated heterocycles. The summed E-state index contributed by atoms with van der Waals surface area (Å²) in [5.74, 6) is 0.640. The van der Waals surface area contributed by atoms with E-state index in [2.05, 4.69) is 19.9 Å². The molecule has 108 valence electrons. The van der Waals surface area contributed by atoms with Crippen LogP contribution in [0.4, 0.5) is 4.39 Å². The summed E-state index contributed by atoms with van der Waals surface area (Å²) in [6.45, 7) is 4.52. The van der Waals surface area contributed by atoms with E-state index in [9.17, 15) is 4.39 Å². The quantitative estimate of drug-likeness (QED) is 0.558. The minimum absolute atomic E-state index is 0.120. The molecule has 20 heavy (non-hydrogen) atoms. The summed E-state index contributed by atoms with van der Waals surface area (Å²) in [6.07, 6.45) is 6.08. The highest BCUT2D eigenvalue weighted by Crippen LogP contribution is 2.40. The minimum Gasteiger partial charge on any atom is -0.489 e. The van der Waals surface area contributed by atoms with Crippen LogP contribution in [0.25, 0.3) is 0 Å². The molecule has 1 aromatic rings. The molecular formula is C17H20ClFO. The van der Waals surface area contributed by atoms with Crippen LogP contribution >= 0.6 is 11.6 Å². The highest BCUT2D eigenvalue weighted by atomic mass is 35.5. The average molecular weight is 295 g/mol. The number of benzene rings is 1. The third-order valence-corrected chi connectivity index (χ3v) is 4.40. The van der Waals surface area contributed by atoms with Gasteiger partial charge in [-0.05, 0) is 36.5 Å². The normalized spacial score (nSPS) is 27.7. The van der Waals surface area contributed by atoms with Crippen molar-refractivity contribution in [2.45, 2.75) is 51.0 Å². The Morgan fingerprint density at radius 1 is 1.40 bits per heavy atom. The Labute approximate surface area is 124 Å². The molecule has 0 saturated carbocycles. The van der Waals surface area contributed by atoms with Gasteiger partial charge in [0.05, 0.1) is 5.38 Å². The van der Waals surface area contributed by atoms with E-state index in [0.717, 1.165) is 37.0 Å². The fraction of sp³-hybridized carbons (Fsp3) is 0.529. The van der Waals surface area contributed by atoms with Gasteiger partial charge in [0.1, 0.15) is 17.7 Å². The molecule has 0 spiro atoms. The molecule has 3 heteroatoms. The zero-order valence-corrected chi connectivity index (χ0v) is 12.7. The van der Waals surface area contributed by atoms with E-state index in [1.807, 2.05) is 0 Å². The molecule has 1 nitrogen and oxygen atoms in total. The molecular weight excluding hydrogens is 275 g/mol. The fourth-order valence-electron chi connectivity index (χ4n) is 3.42. The first kappa shape index (κ1) is 13.9. The summed E-state index contributed by atoms with van der Waals surface area (Å²) in [6, 6.07) is 4.77. The number of ether oxygens (including phenoxy) is 1. The van der Waals surface area contributed by atoms with Crippen molar-refractivity contribution in [3.63, 3.8) is 0 Å². The molecule has 0 radical (unpaired) electrons. The van der Waals surface area contributed by atoms with Crippen molar-refractivity contribution in [1.82, 2.24) is 0 Å². The van der Waals surface area contributed by atoms with E-state index >= 15 is 0 Å². The van der Waals surface area contributed by atoms with Gasteiger partial charge >= 0.3 is 0 Å². The first-order valence-corrected chi connectivity index (χ1v) is 7.64. The molecule has 3 rings (SSSR count). The van der Waals surface area contributed by atoms with Crippen molar-refractivity contribution < 1.29 is 9.13 Å². The average Bonchev–Trinajstić information content (AvgIpc) is 2.67. The van der Waals surface area contributed by atoms with Crippen molar-refractivity contribution in [2.24, 2.45) is 5.41 Å². The molecule has 0 amide bonds. The molecule has 1 aromatic carbocycles. The Kier molecular flexibility index (Phi) is 3.53. The SMILES string of the molecule is CC1(C)CC(CC2Cc3cc(F)ccc3O2)=CC(Cl)C1. The van der Waals surface area contributed by atoms with Gasteiger partial charge < -0.3 is 4.74 Å². The summed E-state index contributed by atoms with van der Waals surface area (Å²) in [7, 11) is 0. The number of halogens is 2. The fourth-order valence-corrected chi connectivity index (χ4v) is 4.02. The molecule has 2 atom stereocenters. The van der Waals surface area contributed by atoms with Gasteiger partial charge in [-0.25, -0.2) is 4.39 Å². The second kappa shape index (κ2) is 5.07. The van der Waals surface area contributed by atoms with Gasteiger partial charge in [0.25, 0.3) is 0 Å². The monoisotopic (exact) mass is 294 g/mol. The van der Waals surface area contributed by atoms with Crippen LogP contribution in [0.5, 0.6) is 5.75 Å². The zero-order chi connectivity index (χ0) is 14.3. The summed E-state index contributed by atoms with van der Waals surface area (Å²) >= 11 is 6.32. The lowest BCUT2D eigenvalue weighted by molar-refractivity contribution is 0.222. The molecule has 1 aliphatic heterocycles. The van der Waals surface area contributed by atoms with Gasteiger partial charge in [-0.2, -0.15) is 0 Å². The molecule has 1 aliphatic carbocycles. The second-order valence-corrected chi connectivity index (χ2v) is 7.35. The molecule has 0 N–H and O–H groups in total.